The van der Waals surface area contributed by atoms with Gasteiger partial charge in [-0.2, -0.15) is 5.10 Å². The highest BCUT2D eigenvalue weighted by molar-refractivity contribution is 5.92. The van der Waals surface area contributed by atoms with Gasteiger partial charge in [-0.15, -0.1) is 0 Å². The lowest BCUT2D eigenvalue weighted by Gasteiger charge is -2.12. The summed E-state index contributed by atoms with van der Waals surface area (Å²) in [5, 5.41) is 6.96. The first-order valence-corrected chi connectivity index (χ1v) is 7.84. The maximum absolute atomic E-state index is 12.3. The Morgan fingerprint density at radius 1 is 1.21 bits per heavy atom. The Morgan fingerprint density at radius 3 is 2.50 bits per heavy atom. The third-order valence-corrected chi connectivity index (χ3v) is 3.87. The lowest BCUT2D eigenvalue weighted by atomic mass is 10.00. The van der Waals surface area contributed by atoms with Crippen LogP contribution in [0, 0.1) is 20.8 Å². The molecule has 0 aliphatic heterocycles. The Labute approximate surface area is 141 Å². The fraction of sp³-hybridized carbons (Fsp3) is 0.389. The molecule has 6 heteroatoms. The van der Waals surface area contributed by atoms with Gasteiger partial charge in [-0.25, -0.2) is 4.68 Å². The molecule has 0 unspecified atom stereocenters. The van der Waals surface area contributed by atoms with E-state index in [0.29, 0.717) is 19.7 Å². The number of hydrogen-bond donors (Lipinski definition) is 1. The summed E-state index contributed by atoms with van der Waals surface area (Å²) < 4.78 is 6.18. The van der Waals surface area contributed by atoms with Crippen LogP contribution < -0.4 is 10.9 Å². The first kappa shape index (κ1) is 17.9. The number of ether oxygens (including phenoxy) is 1. The molecular formula is C18H23N3O3. The molecule has 0 spiro atoms. The largest absolute Gasteiger partial charge is 0.383 e. The van der Waals surface area contributed by atoms with Crippen LogP contribution in [0.4, 0.5) is 0 Å². The van der Waals surface area contributed by atoms with E-state index in [1.165, 1.54) is 22.4 Å². The molecule has 0 atom stereocenters. The fourth-order valence-corrected chi connectivity index (χ4v) is 2.66. The number of benzene rings is 1. The Balaban J connectivity index is 2.12. The maximum atomic E-state index is 12.3. The first-order valence-electron chi connectivity index (χ1n) is 7.84. The summed E-state index contributed by atoms with van der Waals surface area (Å²) in [5.74, 6) is -0.305. The summed E-state index contributed by atoms with van der Waals surface area (Å²) in [6.07, 6.45) is 0. The lowest BCUT2D eigenvalue weighted by molar-refractivity contribution is 0.0942. The van der Waals surface area contributed by atoms with E-state index in [4.69, 9.17) is 4.74 Å². The second kappa shape index (κ2) is 7.88. The molecule has 0 bridgehead atoms. The molecule has 0 saturated heterocycles. The molecule has 6 nitrogen and oxygen atoms in total. The number of carbonyl (C=O) groups excluding carboxylic acids is 1. The average molecular weight is 329 g/mol. The van der Waals surface area contributed by atoms with Crippen LogP contribution in [-0.4, -0.2) is 29.4 Å². The monoisotopic (exact) mass is 329 g/mol. The van der Waals surface area contributed by atoms with Crippen LogP contribution in [0.3, 0.4) is 0 Å². The molecule has 0 saturated carbocycles. The van der Waals surface area contributed by atoms with Gasteiger partial charge in [0.1, 0.15) is 5.69 Å². The molecule has 0 aliphatic rings. The topological polar surface area (TPSA) is 73.2 Å². The van der Waals surface area contributed by atoms with Crippen LogP contribution in [0.1, 0.15) is 32.7 Å². The number of aromatic nitrogens is 2. The number of hydrogen-bond acceptors (Lipinski definition) is 4. The van der Waals surface area contributed by atoms with E-state index in [1.807, 2.05) is 13.8 Å². The number of nitrogens with one attached hydrogen (secondary N) is 1. The predicted octanol–water partition coefficient (Wildman–Crippen LogP) is 1.74. The van der Waals surface area contributed by atoms with Crippen molar-refractivity contribution in [1.29, 1.82) is 0 Å². The Kier molecular flexibility index (Phi) is 5.87. The lowest BCUT2D eigenvalue weighted by Crippen LogP contribution is -2.30. The number of amides is 1. The third-order valence-electron chi connectivity index (χ3n) is 3.87. The van der Waals surface area contributed by atoms with E-state index >= 15 is 0 Å². The smallest absolute Gasteiger partial charge is 0.271 e. The highest BCUT2D eigenvalue weighted by Gasteiger charge is 2.11. The normalized spacial score (nSPS) is 10.7. The maximum Gasteiger partial charge on any atom is 0.271 e. The summed E-state index contributed by atoms with van der Waals surface area (Å²) in [5.41, 5.74) is 4.55. The average Bonchev–Trinajstić information content (AvgIpc) is 2.52. The molecule has 1 aromatic carbocycles. The fourth-order valence-electron chi connectivity index (χ4n) is 2.66. The SMILES string of the molecule is COCCn1nc(C(=O)NCc2c(C)cc(C)cc2C)ccc1=O. The molecular weight excluding hydrogens is 306 g/mol. The van der Waals surface area contributed by atoms with Gasteiger partial charge in [0, 0.05) is 19.7 Å². The van der Waals surface area contributed by atoms with Crippen LogP contribution in [0.15, 0.2) is 29.1 Å². The van der Waals surface area contributed by atoms with Crippen molar-refractivity contribution in [2.75, 3.05) is 13.7 Å². The van der Waals surface area contributed by atoms with Gasteiger partial charge in [-0.05, 0) is 43.5 Å². The second-order valence-electron chi connectivity index (χ2n) is 5.83. The van der Waals surface area contributed by atoms with E-state index in [9.17, 15) is 9.59 Å². The minimum atomic E-state index is -0.305. The van der Waals surface area contributed by atoms with Gasteiger partial charge in [0.05, 0.1) is 13.2 Å². The molecule has 128 valence electrons. The van der Waals surface area contributed by atoms with E-state index in [0.717, 1.165) is 16.7 Å². The van der Waals surface area contributed by atoms with Crippen LogP contribution in [-0.2, 0) is 17.8 Å². The van der Waals surface area contributed by atoms with Crippen LogP contribution in [0.25, 0.3) is 0 Å². The number of methoxy groups -OCH3 is 1. The third kappa shape index (κ3) is 4.29. The minimum Gasteiger partial charge on any atom is -0.383 e. The van der Waals surface area contributed by atoms with Gasteiger partial charge in [-0.1, -0.05) is 17.7 Å². The summed E-state index contributed by atoms with van der Waals surface area (Å²) in [6.45, 7) is 7.22. The highest BCUT2D eigenvalue weighted by atomic mass is 16.5. The molecule has 1 N–H and O–H groups in total. The van der Waals surface area contributed by atoms with Crippen molar-refractivity contribution in [1.82, 2.24) is 15.1 Å². The van der Waals surface area contributed by atoms with Crippen LogP contribution in [0.2, 0.25) is 0 Å². The molecule has 0 aliphatic carbocycles. The highest BCUT2D eigenvalue weighted by Crippen LogP contribution is 2.16. The number of aryl methyl sites for hydroxylation is 3. The zero-order valence-corrected chi connectivity index (χ0v) is 14.5. The van der Waals surface area contributed by atoms with E-state index < -0.39 is 0 Å². The van der Waals surface area contributed by atoms with Gasteiger partial charge < -0.3 is 10.1 Å². The van der Waals surface area contributed by atoms with E-state index in [1.54, 1.807) is 7.11 Å². The zero-order valence-electron chi connectivity index (χ0n) is 14.5. The Morgan fingerprint density at radius 2 is 1.88 bits per heavy atom. The molecule has 24 heavy (non-hydrogen) atoms. The van der Waals surface area contributed by atoms with Crippen molar-refractivity contribution in [3.8, 4) is 0 Å². The van der Waals surface area contributed by atoms with Gasteiger partial charge >= 0.3 is 0 Å². The van der Waals surface area contributed by atoms with Crippen molar-refractivity contribution in [2.45, 2.75) is 33.9 Å². The van der Waals surface area contributed by atoms with E-state index in [2.05, 4.69) is 29.5 Å². The van der Waals surface area contributed by atoms with Crippen LogP contribution >= 0.6 is 0 Å². The summed E-state index contributed by atoms with van der Waals surface area (Å²) >= 11 is 0. The molecule has 1 aromatic heterocycles. The molecule has 1 heterocycles. The second-order valence-corrected chi connectivity index (χ2v) is 5.83. The van der Waals surface area contributed by atoms with Gasteiger partial charge in [0.25, 0.3) is 11.5 Å². The van der Waals surface area contributed by atoms with Crippen molar-refractivity contribution in [2.24, 2.45) is 0 Å². The summed E-state index contributed by atoms with van der Waals surface area (Å²) in [4.78, 5) is 24.0. The molecule has 2 aromatic rings. The van der Waals surface area contributed by atoms with Gasteiger partial charge in [0.15, 0.2) is 0 Å². The van der Waals surface area contributed by atoms with Crippen molar-refractivity contribution < 1.29 is 9.53 Å². The van der Waals surface area contributed by atoms with Gasteiger partial charge in [-0.3, -0.25) is 9.59 Å². The summed E-state index contributed by atoms with van der Waals surface area (Å²) in [7, 11) is 1.55. The van der Waals surface area contributed by atoms with Crippen molar-refractivity contribution >= 4 is 5.91 Å². The first-order chi connectivity index (χ1) is 11.4. The molecule has 1 amide bonds. The minimum absolute atomic E-state index is 0.216. The van der Waals surface area contributed by atoms with Crippen molar-refractivity contribution in [3.05, 3.63) is 62.6 Å². The molecule has 0 fully saturated rings. The van der Waals surface area contributed by atoms with Gasteiger partial charge in [0.2, 0.25) is 0 Å². The zero-order chi connectivity index (χ0) is 17.7. The Hall–Kier alpha value is -2.47. The standard InChI is InChI=1S/C18H23N3O3/c1-12-9-13(2)15(14(3)10-12)11-19-18(23)16-5-6-17(22)21(20-16)7-8-24-4/h5-6,9-10H,7-8,11H2,1-4H3,(H,19,23). The summed E-state index contributed by atoms with van der Waals surface area (Å²) in [6, 6.07) is 6.98. The van der Waals surface area contributed by atoms with Crippen molar-refractivity contribution in [3.63, 3.8) is 0 Å². The van der Waals surface area contributed by atoms with E-state index in [-0.39, 0.29) is 17.2 Å². The Bertz CT molecular complexity index is 773. The number of carbonyl (C=O) groups is 1. The number of nitrogens with zero attached hydrogens (tertiary/aromatic N) is 2. The molecule has 0 radical (unpaired) electrons. The van der Waals surface area contributed by atoms with Crippen LogP contribution in [0.5, 0.6) is 0 Å². The quantitative estimate of drug-likeness (QED) is 0.876. The number of rotatable bonds is 6. The molecule has 2 rings (SSSR count). The predicted molar refractivity (Wildman–Crippen MR) is 92.2 cm³/mol.